The summed E-state index contributed by atoms with van der Waals surface area (Å²) in [5.41, 5.74) is 9.19. The van der Waals surface area contributed by atoms with E-state index in [1.54, 1.807) is 0 Å². The lowest BCUT2D eigenvalue weighted by Gasteiger charge is -2.21. The zero-order valence-corrected chi connectivity index (χ0v) is 11.0. The van der Waals surface area contributed by atoms with Gasteiger partial charge in [-0.15, -0.1) is 0 Å². The van der Waals surface area contributed by atoms with Crippen molar-refractivity contribution in [3.8, 4) is 0 Å². The normalized spacial score (nSPS) is 18.3. The molecule has 0 spiro atoms. The summed E-state index contributed by atoms with van der Waals surface area (Å²) in [6.07, 6.45) is 5.29. The highest BCUT2D eigenvalue weighted by molar-refractivity contribution is 5.88. The Bertz CT molecular complexity index is 553. The minimum absolute atomic E-state index is 0.206. The SMILES string of the molecule is Cc1ccc([C@@H](N)C2CCCC2)c2ccccc12. The minimum atomic E-state index is 0.206. The van der Waals surface area contributed by atoms with E-state index in [4.69, 9.17) is 5.73 Å². The molecule has 0 aromatic heterocycles. The standard InChI is InChI=1S/C17H21N/c1-12-10-11-16(15-9-5-4-8-14(12)15)17(18)13-6-2-3-7-13/h4-5,8-11,13,17H,2-3,6-7,18H2,1H3/t17-/m0/s1. The molecule has 2 N–H and O–H groups in total. The van der Waals surface area contributed by atoms with Crippen molar-refractivity contribution < 1.29 is 0 Å². The fourth-order valence-electron chi connectivity index (χ4n) is 3.33. The molecule has 1 aliphatic carbocycles. The smallest absolute Gasteiger partial charge is 0.0329 e. The molecule has 0 amide bonds. The van der Waals surface area contributed by atoms with Crippen LogP contribution in [0, 0.1) is 12.8 Å². The van der Waals surface area contributed by atoms with Gasteiger partial charge in [-0.25, -0.2) is 0 Å². The van der Waals surface area contributed by atoms with Gasteiger partial charge in [0.1, 0.15) is 0 Å². The van der Waals surface area contributed by atoms with Crippen molar-refractivity contribution in [3.63, 3.8) is 0 Å². The summed E-state index contributed by atoms with van der Waals surface area (Å²) in [5.74, 6) is 0.677. The van der Waals surface area contributed by atoms with Gasteiger partial charge in [-0.2, -0.15) is 0 Å². The zero-order valence-electron chi connectivity index (χ0n) is 11.0. The Balaban J connectivity index is 2.08. The third-order valence-corrected chi connectivity index (χ3v) is 4.44. The summed E-state index contributed by atoms with van der Waals surface area (Å²) < 4.78 is 0. The molecule has 18 heavy (non-hydrogen) atoms. The van der Waals surface area contributed by atoms with Crippen LogP contribution < -0.4 is 5.73 Å². The zero-order chi connectivity index (χ0) is 12.5. The van der Waals surface area contributed by atoms with Crippen LogP contribution in [0.4, 0.5) is 0 Å². The highest BCUT2D eigenvalue weighted by Crippen LogP contribution is 2.37. The molecule has 2 aromatic rings. The van der Waals surface area contributed by atoms with Gasteiger partial charge in [0.2, 0.25) is 0 Å². The molecular formula is C17H21N. The monoisotopic (exact) mass is 239 g/mol. The average molecular weight is 239 g/mol. The molecule has 1 atom stereocenters. The fourth-order valence-corrected chi connectivity index (χ4v) is 3.33. The second-order valence-corrected chi connectivity index (χ2v) is 5.59. The highest BCUT2D eigenvalue weighted by atomic mass is 14.7. The summed E-state index contributed by atoms with van der Waals surface area (Å²) in [4.78, 5) is 0. The molecule has 0 bridgehead atoms. The van der Waals surface area contributed by atoms with Gasteiger partial charge in [-0.3, -0.25) is 0 Å². The number of benzene rings is 2. The molecule has 0 saturated heterocycles. The van der Waals surface area contributed by atoms with Gasteiger partial charge >= 0.3 is 0 Å². The first-order valence-electron chi connectivity index (χ1n) is 7.01. The summed E-state index contributed by atoms with van der Waals surface area (Å²) in [7, 11) is 0. The van der Waals surface area contributed by atoms with Crippen LogP contribution in [0.3, 0.4) is 0 Å². The van der Waals surface area contributed by atoms with Crippen molar-refractivity contribution in [3.05, 3.63) is 47.5 Å². The Labute approximate surface area is 109 Å². The van der Waals surface area contributed by atoms with E-state index in [0.717, 1.165) is 0 Å². The molecule has 0 aliphatic heterocycles. The molecule has 0 unspecified atom stereocenters. The number of rotatable bonds is 2. The third-order valence-electron chi connectivity index (χ3n) is 4.44. The van der Waals surface area contributed by atoms with Crippen molar-refractivity contribution >= 4 is 10.8 Å². The Morgan fingerprint density at radius 1 is 1.00 bits per heavy atom. The lowest BCUT2D eigenvalue weighted by Crippen LogP contribution is -2.19. The van der Waals surface area contributed by atoms with Crippen molar-refractivity contribution in [1.29, 1.82) is 0 Å². The number of hydrogen-bond acceptors (Lipinski definition) is 1. The van der Waals surface area contributed by atoms with E-state index in [1.165, 1.54) is 47.6 Å². The van der Waals surface area contributed by atoms with Crippen LogP contribution in [0.1, 0.15) is 42.9 Å². The molecule has 0 heterocycles. The molecule has 94 valence electrons. The maximum Gasteiger partial charge on any atom is 0.0329 e. The first kappa shape index (κ1) is 11.7. The topological polar surface area (TPSA) is 26.0 Å². The summed E-state index contributed by atoms with van der Waals surface area (Å²) in [5, 5.41) is 2.69. The molecule has 1 fully saturated rings. The molecule has 1 nitrogen and oxygen atoms in total. The Morgan fingerprint density at radius 3 is 2.39 bits per heavy atom. The van der Waals surface area contributed by atoms with Crippen molar-refractivity contribution in [1.82, 2.24) is 0 Å². The van der Waals surface area contributed by atoms with Gasteiger partial charge in [0, 0.05) is 6.04 Å². The third kappa shape index (κ3) is 1.93. The van der Waals surface area contributed by atoms with E-state index in [9.17, 15) is 0 Å². The van der Waals surface area contributed by atoms with E-state index in [2.05, 4.69) is 43.3 Å². The molecule has 1 aliphatic rings. The predicted molar refractivity (Wildman–Crippen MR) is 77.6 cm³/mol. The van der Waals surface area contributed by atoms with Crippen molar-refractivity contribution in [2.75, 3.05) is 0 Å². The summed E-state index contributed by atoms with van der Waals surface area (Å²) in [6.45, 7) is 2.17. The first-order chi connectivity index (χ1) is 8.77. The second kappa shape index (κ2) is 4.74. The Kier molecular flexibility index (Phi) is 3.09. The van der Waals surface area contributed by atoms with Gasteiger partial charge in [-0.05, 0) is 47.6 Å². The van der Waals surface area contributed by atoms with Crippen LogP contribution >= 0.6 is 0 Å². The van der Waals surface area contributed by atoms with Gasteiger partial charge in [-0.1, -0.05) is 49.2 Å². The first-order valence-corrected chi connectivity index (χ1v) is 7.01. The molecule has 0 radical (unpaired) electrons. The van der Waals surface area contributed by atoms with Gasteiger partial charge < -0.3 is 5.73 Å². The summed E-state index contributed by atoms with van der Waals surface area (Å²) >= 11 is 0. The second-order valence-electron chi connectivity index (χ2n) is 5.59. The van der Waals surface area contributed by atoms with E-state index in [-0.39, 0.29) is 6.04 Å². The molecule has 3 rings (SSSR count). The lowest BCUT2D eigenvalue weighted by atomic mass is 9.88. The van der Waals surface area contributed by atoms with Crippen LogP contribution in [-0.2, 0) is 0 Å². The number of aryl methyl sites for hydroxylation is 1. The number of hydrogen-bond donors (Lipinski definition) is 1. The lowest BCUT2D eigenvalue weighted by molar-refractivity contribution is 0.447. The molecular weight excluding hydrogens is 218 g/mol. The van der Waals surface area contributed by atoms with Gasteiger partial charge in [0.25, 0.3) is 0 Å². The highest BCUT2D eigenvalue weighted by Gasteiger charge is 2.24. The maximum atomic E-state index is 6.52. The minimum Gasteiger partial charge on any atom is -0.324 e. The molecule has 1 saturated carbocycles. The quantitative estimate of drug-likeness (QED) is 0.829. The van der Waals surface area contributed by atoms with E-state index in [0.29, 0.717) is 5.92 Å². The van der Waals surface area contributed by atoms with E-state index in [1.807, 2.05) is 0 Å². The molecule has 2 aromatic carbocycles. The predicted octanol–water partition coefficient (Wildman–Crippen LogP) is 4.34. The van der Waals surface area contributed by atoms with Crippen molar-refractivity contribution in [2.24, 2.45) is 11.7 Å². The van der Waals surface area contributed by atoms with Gasteiger partial charge in [0.05, 0.1) is 0 Å². The van der Waals surface area contributed by atoms with Gasteiger partial charge in [0.15, 0.2) is 0 Å². The van der Waals surface area contributed by atoms with Crippen LogP contribution in [0.5, 0.6) is 0 Å². The van der Waals surface area contributed by atoms with E-state index < -0.39 is 0 Å². The van der Waals surface area contributed by atoms with E-state index >= 15 is 0 Å². The largest absolute Gasteiger partial charge is 0.324 e. The maximum absolute atomic E-state index is 6.52. The number of nitrogens with two attached hydrogens (primary N) is 1. The van der Waals surface area contributed by atoms with Crippen LogP contribution in [-0.4, -0.2) is 0 Å². The Hall–Kier alpha value is -1.34. The Morgan fingerprint density at radius 2 is 1.67 bits per heavy atom. The fraction of sp³-hybridized carbons (Fsp3) is 0.412. The summed E-state index contributed by atoms with van der Waals surface area (Å²) in [6, 6.07) is 13.3. The number of fused-ring (bicyclic) bond motifs is 1. The van der Waals surface area contributed by atoms with Crippen molar-refractivity contribution in [2.45, 2.75) is 38.6 Å². The average Bonchev–Trinajstić information content (AvgIpc) is 2.93. The van der Waals surface area contributed by atoms with Crippen LogP contribution in [0.25, 0.3) is 10.8 Å². The van der Waals surface area contributed by atoms with Crippen LogP contribution in [0.15, 0.2) is 36.4 Å². The van der Waals surface area contributed by atoms with Crippen LogP contribution in [0.2, 0.25) is 0 Å². The molecule has 1 heteroatoms.